The Bertz CT molecular complexity index is 931. The number of alkyl halides is 1. The normalized spacial score (nSPS) is 18.8. The predicted octanol–water partition coefficient (Wildman–Crippen LogP) is 2.73. The number of anilines is 2. The third kappa shape index (κ3) is 4.49. The van der Waals surface area contributed by atoms with E-state index in [0.29, 0.717) is 56.4 Å². The second kappa shape index (κ2) is 8.35. The van der Waals surface area contributed by atoms with Crippen molar-refractivity contribution in [2.24, 2.45) is 0 Å². The zero-order valence-electron chi connectivity index (χ0n) is 16.8. The van der Waals surface area contributed by atoms with E-state index >= 15 is 0 Å². The predicted molar refractivity (Wildman–Crippen MR) is 114 cm³/mol. The largest absolute Gasteiger partial charge is 0.387 e. The van der Waals surface area contributed by atoms with Crippen LogP contribution >= 0.6 is 11.6 Å². The number of carbonyl (C=O) groups excluding carboxylic acids is 1. The van der Waals surface area contributed by atoms with Gasteiger partial charge in [0.05, 0.1) is 6.10 Å². The third-order valence-electron chi connectivity index (χ3n) is 5.68. The van der Waals surface area contributed by atoms with Gasteiger partial charge in [-0.1, -0.05) is 17.7 Å². The molecule has 2 fully saturated rings. The molecule has 1 amide bonds. The Morgan fingerprint density at radius 3 is 2.67 bits per heavy atom. The number of rotatable bonds is 6. The second-order valence-corrected chi connectivity index (χ2v) is 8.34. The van der Waals surface area contributed by atoms with Gasteiger partial charge in [0.1, 0.15) is 18.0 Å². The Hall–Kier alpha value is -2.45. The van der Waals surface area contributed by atoms with E-state index in [1.165, 1.54) is 6.33 Å². The summed E-state index contributed by atoms with van der Waals surface area (Å²) in [6.45, 7) is 4.33. The van der Waals surface area contributed by atoms with Gasteiger partial charge in [-0.05, 0) is 43.0 Å². The molecule has 0 radical (unpaired) electrons. The number of hydrogen-bond acceptors (Lipinski definition) is 6. The molecule has 1 aliphatic heterocycles. The van der Waals surface area contributed by atoms with Gasteiger partial charge in [0.15, 0.2) is 5.67 Å². The molecule has 2 heterocycles. The highest BCUT2D eigenvalue weighted by Gasteiger charge is 2.53. The molecule has 1 atom stereocenters. The number of benzene rings is 1. The Morgan fingerprint density at radius 2 is 2.00 bits per heavy atom. The molecular formula is C21H25ClFN5O2. The lowest BCUT2D eigenvalue weighted by molar-refractivity contribution is -0.138. The lowest BCUT2D eigenvalue weighted by atomic mass is 10.0. The van der Waals surface area contributed by atoms with Crippen LogP contribution in [0, 0.1) is 6.92 Å². The van der Waals surface area contributed by atoms with Crippen LogP contribution in [0.25, 0.3) is 0 Å². The van der Waals surface area contributed by atoms with Crippen LogP contribution in [0.15, 0.2) is 30.6 Å². The topological polar surface area (TPSA) is 81.6 Å². The number of nitrogens with zero attached hydrogens (tertiary/aromatic N) is 4. The van der Waals surface area contributed by atoms with Crippen LogP contribution in [0.4, 0.5) is 16.0 Å². The van der Waals surface area contributed by atoms with E-state index in [1.54, 1.807) is 11.0 Å². The minimum atomic E-state index is -1.61. The number of halogens is 2. The van der Waals surface area contributed by atoms with Gasteiger partial charge in [0.25, 0.3) is 5.91 Å². The van der Waals surface area contributed by atoms with Crippen molar-refractivity contribution in [3.05, 3.63) is 46.7 Å². The molecule has 7 nitrogen and oxygen atoms in total. The van der Waals surface area contributed by atoms with Crippen LogP contribution in [0.2, 0.25) is 5.02 Å². The van der Waals surface area contributed by atoms with Crippen LogP contribution in [-0.2, 0) is 4.79 Å². The van der Waals surface area contributed by atoms with Crippen molar-refractivity contribution in [3.8, 4) is 0 Å². The zero-order chi connectivity index (χ0) is 21.3. The van der Waals surface area contributed by atoms with Gasteiger partial charge in [0.2, 0.25) is 0 Å². The standard InChI is InChI=1S/C21H25ClFN5O2/c1-14-10-15(22)2-3-16(14)17(29)12-24-18-11-19(26-13-25-18)27-6-8-28(9-7-27)20(30)21(23)4-5-21/h2-3,10-11,13,17,29H,4-9,12H2,1H3,(H,24,25,26). The Morgan fingerprint density at radius 1 is 1.27 bits per heavy atom. The molecule has 1 aromatic carbocycles. The van der Waals surface area contributed by atoms with Crippen LogP contribution in [0.5, 0.6) is 0 Å². The van der Waals surface area contributed by atoms with Gasteiger partial charge in [-0.15, -0.1) is 0 Å². The number of nitrogens with one attached hydrogen (secondary N) is 1. The van der Waals surface area contributed by atoms with Crippen molar-refractivity contribution >= 4 is 29.1 Å². The van der Waals surface area contributed by atoms with E-state index in [1.807, 2.05) is 30.0 Å². The lowest BCUT2D eigenvalue weighted by Crippen LogP contribution is -2.51. The SMILES string of the molecule is Cc1cc(Cl)ccc1C(O)CNc1cc(N2CCN(C(=O)C3(F)CC3)CC2)ncn1. The van der Waals surface area contributed by atoms with Crippen LogP contribution in [-0.4, -0.2) is 64.3 Å². The molecule has 9 heteroatoms. The number of amides is 1. The number of aliphatic hydroxyl groups is 1. The van der Waals surface area contributed by atoms with Crippen LogP contribution < -0.4 is 10.2 Å². The number of hydrogen-bond donors (Lipinski definition) is 2. The van der Waals surface area contributed by atoms with E-state index in [9.17, 15) is 14.3 Å². The van der Waals surface area contributed by atoms with Crippen LogP contribution in [0.1, 0.15) is 30.1 Å². The minimum Gasteiger partial charge on any atom is -0.387 e. The highest BCUT2D eigenvalue weighted by atomic mass is 35.5. The first-order valence-corrected chi connectivity index (χ1v) is 10.5. The van der Waals surface area contributed by atoms with E-state index in [0.717, 1.165) is 16.9 Å². The molecule has 2 N–H and O–H groups in total. The molecule has 1 unspecified atom stereocenters. The molecule has 2 aromatic rings. The summed E-state index contributed by atoms with van der Waals surface area (Å²) >= 11 is 5.98. The second-order valence-electron chi connectivity index (χ2n) is 7.90. The summed E-state index contributed by atoms with van der Waals surface area (Å²) in [4.78, 5) is 24.4. The summed E-state index contributed by atoms with van der Waals surface area (Å²) in [6.07, 6.45) is 1.45. The summed E-state index contributed by atoms with van der Waals surface area (Å²) in [5.74, 6) is 0.960. The maximum atomic E-state index is 14.0. The first-order valence-electron chi connectivity index (χ1n) is 10.1. The minimum absolute atomic E-state index is 0.291. The fraction of sp³-hybridized carbons (Fsp3) is 0.476. The highest BCUT2D eigenvalue weighted by molar-refractivity contribution is 6.30. The van der Waals surface area contributed by atoms with Gasteiger partial charge in [-0.3, -0.25) is 4.79 Å². The third-order valence-corrected chi connectivity index (χ3v) is 5.92. The van der Waals surface area contributed by atoms with Crippen molar-refractivity contribution < 1.29 is 14.3 Å². The summed E-state index contributed by atoms with van der Waals surface area (Å²) < 4.78 is 14.0. The molecule has 1 saturated carbocycles. The first kappa shape index (κ1) is 20.8. The first-order chi connectivity index (χ1) is 14.4. The van der Waals surface area contributed by atoms with E-state index in [-0.39, 0.29) is 5.91 Å². The van der Waals surface area contributed by atoms with Gasteiger partial charge in [-0.25, -0.2) is 14.4 Å². The number of piperazine rings is 1. The maximum absolute atomic E-state index is 14.0. The molecule has 1 saturated heterocycles. The number of carbonyl (C=O) groups is 1. The Labute approximate surface area is 179 Å². The molecule has 2 aliphatic rings. The molecule has 4 rings (SSSR count). The van der Waals surface area contributed by atoms with Crippen molar-refractivity contribution in [2.75, 3.05) is 42.9 Å². The van der Waals surface area contributed by atoms with Gasteiger partial charge in [-0.2, -0.15) is 0 Å². The lowest BCUT2D eigenvalue weighted by Gasteiger charge is -2.36. The summed E-state index contributed by atoms with van der Waals surface area (Å²) in [5, 5.41) is 14.3. The molecule has 30 heavy (non-hydrogen) atoms. The smallest absolute Gasteiger partial charge is 0.260 e. The van der Waals surface area contributed by atoms with Gasteiger partial charge in [0, 0.05) is 43.8 Å². The number of aromatic nitrogens is 2. The van der Waals surface area contributed by atoms with Crippen molar-refractivity contribution in [1.29, 1.82) is 0 Å². The molecule has 160 valence electrons. The van der Waals surface area contributed by atoms with Crippen molar-refractivity contribution in [2.45, 2.75) is 31.5 Å². The molecule has 1 aromatic heterocycles. The summed E-state index contributed by atoms with van der Waals surface area (Å²) in [6, 6.07) is 7.21. The quantitative estimate of drug-likeness (QED) is 0.729. The monoisotopic (exact) mass is 433 g/mol. The Balaban J connectivity index is 1.33. The van der Waals surface area contributed by atoms with E-state index in [2.05, 4.69) is 15.3 Å². The van der Waals surface area contributed by atoms with Gasteiger partial charge >= 0.3 is 0 Å². The van der Waals surface area contributed by atoms with E-state index < -0.39 is 11.8 Å². The fourth-order valence-electron chi connectivity index (χ4n) is 3.69. The van der Waals surface area contributed by atoms with E-state index in [4.69, 9.17) is 11.6 Å². The average molecular weight is 434 g/mol. The average Bonchev–Trinajstić information content (AvgIpc) is 3.50. The molecule has 0 bridgehead atoms. The molecule has 1 aliphatic carbocycles. The van der Waals surface area contributed by atoms with Crippen molar-refractivity contribution in [1.82, 2.24) is 14.9 Å². The molecular weight excluding hydrogens is 409 g/mol. The maximum Gasteiger partial charge on any atom is 0.260 e. The van der Waals surface area contributed by atoms with Gasteiger partial charge < -0.3 is 20.2 Å². The number of aryl methyl sites for hydroxylation is 1. The number of aliphatic hydroxyl groups excluding tert-OH is 1. The summed E-state index contributed by atoms with van der Waals surface area (Å²) in [7, 11) is 0. The highest BCUT2D eigenvalue weighted by Crippen LogP contribution is 2.41. The fourth-order valence-corrected chi connectivity index (χ4v) is 3.91. The zero-order valence-corrected chi connectivity index (χ0v) is 17.6. The van der Waals surface area contributed by atoms with Crippen LogP contribution in [0.3, 0.4) is 0 Å². The summed E-state index contributed by atoms with van der Waals surface area (Å²) in [5.41, 5.74) is 0.120. The Kier molecular flexibility index (Phi) is 5.79. The van der Waals surface area contributed by atoms with Crippen molar-refractivity contribution in [3.63, 3.8) is 0 Å². The molecule has 0 spiro atoms.